The van der Waals surface area contributed by atoms with E-state index in [0.29, 0.717) is 12.2 Å². The molecule has 1 saturated heterocycles. The van der Waals surface area contributed by atoms with Crippen molar-refractivity contribution >= 4 is 27.2 Å². The molecule has 0 amide bonds. The lowest BCUT2D eigenvalue weighted by Crippen LogP contribution is -2.38. The summed E-state index contributed by atoms with van der Waals surface area (Å²) in [5.74, 6) is 0.906. The van der Waals surface area contributed by atoms with E-state index in [0.717, 1.165) is 64.7 Å². The van der Waals surface area contributed by atoms with E-state index in [-0.39, 0.29) is 5.78 Å². The maximum Gasteiger partial charge on any atom is 0.195 e. The predicted octanol–water partition coefficient (Wildman–Crippen LogP) is 5.51. The molecule has 32 heavy (non-hydrogen) atoms. The summed E-state index contributed by atoms with van der Waals surface area (Å²) in [4.78, 5) is 16.8. The molecule has 1 fully saturated rings. The minimum Gasteiger partial charge on any atom is -0.492 e. The fourth-order valence-corrected chi connectivity index (χ4v) is 5.23. The van der Waals surface area contributed by atoms with Crippen LogP contribution in [0.15, 0.2) is 78.9 Å². The van der Waals surface area contributed by atoms with Crippen molar-refractivity contribution in [2.45, 2.75) is 0 Å². The van der Waals surface area contributed by atoms with Gasteiger partial charge in [0.2, 0.25) is 0 Å². The summed E-state index contributed by atoms with van der Waals surface area (Å²) >= 11 is 1.66. The van der Waals surface area contributed by atoms with Gasteiger partial charge in [-0.15, -0.1) is 11.3 Å². The van der Waals surface area contributed by atoms with Crippen molar-refractivity contribution in [3.8, 4) is 16.2 Å². The lowest BCUT2D eigenvalue weighted by atomic mass is 9.98. The molecule has 0 bridgehead atoms. The lowest BCUT2D eigenvalue weighted by molar-refractivity contribution is 0.0322. The number of ether oxygens (including phenoxy) is 2. The molecule has 4 aromatic rings. The van der Waals surface area contributed by atoms with Gasteiger partial charge in [-0.25, -0.2) is 0 Å². The number of thiophene rings is 1. The molecule has 0 radical (unpaired) electrons. The van der Waals surface area contributed by atoms with Crippen LogP contribution in [0.2, 0.25) is 0 Å². The SMILES string of the molecule is O=C(c1ccccc1)c1c(-c2ccc(OCCN3CCOCC3)cc2)sc2ccccc12. The van der Waals surface area contributed by atoms with E-state index in [2.05, 4.69) is 23.1 Å². The number of nitrogens with zero attached hydrogens (tertiary/aromatic N) is 1. The first-order chi connectivity index (χ1) is 15.8. The molecule has 0 aliphatic carbocycles. The first-order valence-electron chi connectivity index (χ1n) is 10.9. The van der Waals surface area contributed by atoms with Crippen LogP contribution in [-0.4, -0.2) is 50.1 Å². The van der Waals surface area contributed by atoms with E-state index in [1.54, 1.807) is 11.3 Å². The van der Waals surface area contributed by atoms with Crippen LogP contribution in [0.25, 0.3) is 20.5 Å². The number of rotatable bonds is 7. The molecule has 4 nitrogen and oxygen atoms in total. The zero-order valence-electron chi connectivity index (χ0n) is 17.8. The van der Waals surface area contributed by atoms with Crippen LogP contribution in [0, 0.1) is 0 Å². The number of ketones is 1. The quantitative estimate of drug-likeness (QED) is 0.353. The lowest BCUT2D eigenvalue weighted by Gasteiger charge is -2.26. The summed E-state index contributed by atoms with van der Waals surface area (Å²) in [6.45, 7) is 5.08. The average molecular weight is 444 g/mol. The largest absolute Gasteiger partial charge is 0.492 e. The molecule has 162 valence electrons. The summed E-state index contributed by atoms with van der Waals surface area (Å²) in [6, 6.07) is 25.7. The summed E-state index contributed by atoms with van der Waals surface area (Å²) in [6.07, 6.45) is 0. The van der Waals surface area contributed by atoms with Gasteiger partial charge < -0.3 is 9.47 Å². The van der Waals surface area contributed by atoms with Crippen molar-refractivity contribution < 1.29 is 14.3 Å². The molecule has 0 spiro atoms. The number of hydrogen-bond donors (Lipinski definition) is 0. The van der Waals surface area contributed by atoms with E-state index in [1.807, 2.05) is 60.7 Å². The van der Waals surface area contributed by atoms with Gasteiger partial charge in [-0.3, -0.25) is 9.69 Å². The van der Waals surface area contributed by atoms with Gasteiger partial charge >= 0.3 is 0 Å². The number of fused-ring (bicyclic) bond motifs is 1. The second-order valence-electron chi connectivity index (χ2n) is 7.82. The van der Waals surface area contributed by atoms with Crippen molar-refractivity contribution in [2.24, 2.45) is 0 Å². The molecule has 1 aliphatic heterocycles. The van der Waals surface area contributed by atoms with Crippen molar-refractivity contribution in [3.63, 3.8) is 0 Å². The van der Waals surface area contributed by atoms with Gasteiger partial charge in [-0.2, -0.15) is 0 Å². The van der Waals surface area contributed by atoms with E-state index in [4.69, 9.17) is 9.47 Å². The van der Waals surface area contributed by atoms with Crippen LogP contribution in [0.3, 0.4) is 0 Å². The summed E-state index contributed by atoms with van der Waals surface area (Å²) in [5, 5.41) is 1.01. The third-order valence-corrected chi connectivity index (χ3v) is 6.97. The Bertz CT molecular complexity index is 1190. The van der Waals surface area contributed by atoms with Crippen LogP contribution >= 0.6 is 11.3 Å². The number of carbonyl (C=O) groups is 1. The molecule has 1 aliphatic rings. The molecule has 5 heteroatoms. The summed E-state index contributed by atoms with van der Waals surface area (Å²) < 4.78 is 12.5. The molecule has 5 rings (SSSR count). The second kappa shape index (κ2) is 9.65. The Morgan fingerprint density at radius 1 is 0.906 bits per heavy atom. The van der Waals surface area contributed by atoms with Gasteiger partial charge in [0.25, 0.3) is 0 Å². The summed E-state index contributed by atoms with van der Waals surface area (Å²) in [5.41, 5.74) is 2.52. The topological polar surface area (TPSA) is 38.8 Å². The molecule has 0 atom stereocenters. The highest BCUT2D eigenvalue weighted by molar-refractivity contribution is 7.22. The number of morpholine rings is 1. The Morgan fingerprint density at radius 3 is 2.41 bits per heavy atom. The van der Waals surface area contributed by atoms with Crippen LogP contribution in [-0.2, 0) is 4.74 Å². The predicted molar refractivity (Wildman–Crippen MR) is 130 cm³/mol. The molecular formula is C27H25NO3S. The Kier molecular flexibility index (Phi) is 6.30. The zero-order valence-corrected chi connectivity index (χ0v) is 18.6. The van der Waals surface area contributed by atoms with Gasteiger partial charge in [-0.1, -0.05) is 48.5 Å². The van der Waals surface area contributed by atoms with Gasteiger partial charge in [0.1, 0.15) is 12.4 Å². The van der Waals surface area contributed by atoms with E-state index >= 15 is 0 Å². The highest BCUT2D eigenvalue weighted by Crippen LogP contribution is 2.40. The number of hydrogen-bond acceptors (Lipinski definition) is 5. The standard InChI is InChI=1S/C27H25NO3S/c29-26(20-6-2-1-3-7-20)25-23-8-4-5-9-24(23)32-27(25)21-10-12-22(13-11-21)31-19-16-28-14-17-30-18-15-28/h1-13H,14-19H2. The van der Waals surface area contributed by atoms with E-state index in [1.165, 1.54) is 0 Å². The first-order valence-corrected chi connectivity index (χ1v) is 11.8. The monoisotopic (exact) mass is 443 g/mol. The highest BCUT2D eigenvalue weighted by Gasteiger charge is 2.21. The van der Waals surface area contributed by atoms with Crippen molar-refractivity contribution in [2.75, 3.05) is 39.5 Å². The smallest absolute Gasteiger partial charge is 0.195 e. The second-order valence-corrected chi connectivity index (χ2v) is 8.88. The molecule has 2 heterocycles. The molecule has 3 aromatic carbocycles. The van der Waals surface area contributed by atoms with Gasteiger partial charge in [-0.05, 0) is 35.9 Å². The van der Waals surface area contributed by atoms with Crippen molar-refractivity contribution in [1.82, 2.24) is 4.90 Å². The van der Waals surface area contributed by atoms with Crippen LogP contribution < -0.4 is 4.74 Å². The third-order valence-electron chi connectivity index (χ3n) is 5.75. The van der Waals surface area contributed by atoms with Crippen LogP contribution in [0.5, 0.6) is 5.75 Å². The molecule has 1 aromatic heterocycles. The normalized spacial score (nSPS) is 14.5. The fourth-order valence-electron chi connectivity index (χ4n) is 4.03. The molecular weight excluding hydrogens is 418 g/mol. The first kappa shape index (κ1) is 20.9. The van der Waals surface area contributed by atoms with Crippen molar-refractivity contribution in [3.05, 3.63) is 90.0 Å². The number of benzene rings is 3. The van der Waals surface area contributed by atoms with Gasteiger partial charge in [0, 0.05) is 45.7 Å². The highest BCUT2D eigenvalue weighted by atomic mass is 32.1. The Hall–Kier alpha value is -2.99. The Morgan fingerprint density at radius 2 is 1.62 bits per heavy atom. The molecule has 0 saturated carbocycles. The molecule has 0 N–H and O–H groups in total. The van der Waals surface area contributed by atoms with Crippen LogP contribution in [0.1, 0.15) is 15.9 Å². The maximum atomic E-state index is 13.4. The van der Waals surface area contributed by atoms with Crippen molar-refractivity contribution in [1.29, 1.82) is 0 Å². The van der Waals surface area contributed by atoms with Crippen LogP contribution in [0.4, 0.5) is 0 Å². The maximum absolute atomic E-state index is 13.4. The average Bonchev–Trinajstić information content (AvgIpc) is 3.25. The number of carbonyl (C=O) groups excluding carboxylic acids is 1. The third kappa shape index (κ3) is 4.46. The minimum atomic E-state index is 0.0592. The van der Waals surface area contributed by atoms with Gasteiger partial charge in [0.15, 0.2) is 5.78 Å². The fraction of sp³-hybridized carbons (Fsp3) is 0.222. The Balaban J connectivity index is 1.39. The zero-order chi connectivity index (χ0) is 21.8. The Labute approximate surface area is 192 Å². The minimum absolute atomic E-state index is 0.0592. The molecule has 0 unspecified atom stereocenters. The van der Waals surface area contributed by atoms with Gasteiger partial charge in [0.05, 0.1) is 13.2 Å². The van der Waals surface area contributed by atoms with E-state index < -0.39 is 0 Å². The summed E-state index contributed by atoms with van der Waals surface area (Å²) in [7, 11) is 0. The van der Waals surface area contributed by atoms with E-state index in [9.17, 15) is 4.79 Å².